The van der Waals surface area contributed by atoms with Gasteiger partial charge in [0, 0.05) is 18.0 Å². The molecule has 0 saturated heterocycles. The molecule has 0 spiro atoms. The third-order valence-electron chi connectivity index (χ3n) is 5.36. The number of ketones is 1. The molecule has 2 aromatic rings. The van der Waals surface area contributed by atoms with E-state index in [0.29, 0.717) is 21.9 Å². The van der Waals surface area contributed by atoms with Gasteiger partial charge in [0.05, 0.1) is 0 Å². The molecule has 0 unspecified atom stereocenters. The molecule has 2 aliphatic rings. The predicted octanol–water partition coefficient (Wildman–Crippen LogP) is 0.913. The van der Waals surface area contributed by atoms with E-state index >= 15 is 0 Å². The summed E-state index contributed by atoms with van der Waals surface area (Å²) in [6.07, 6.45) is 1.28. The largest absolute Gasteiger partial charge is 1.00 e. The van der Waals surface area contributed by atoms with Gasteiger partial charge >= 0.3 is 35.7 Å². The Hall–Kier alpha value is -1.82. The first-order chi connectivity index (χ1) is 14.1. The Bertz CT molecular complexity index is 1130. The van der Waals surface area contributed by atoms with Crippen molar-refractivity contribution in [1.82, 2.24) is 3.97 Å². The number of rotatable bonds is 4. The van der Waals surface area contributed by atoms with Crippen LogP contribution >= 0.6 is 0 Å². The van der Waals surface area contributed by atoms with E-state index in [0.717, 1.165) is 67.0 Å². The van der Waals surface area contributed by atoms with Gasteiger partial charge in [-0.25, -0.2) is 12.4 Å². The summed E-state index contributed by atoms with van der Waals surface area (Å²) in [5, 5.41) is 2.58. The number of carbonyl (C=O) groups is 2. The molecule has 7 nitrogen and oxygen atoms in total. The second-order valence-electron chi connectivity index (χ2n) is 7.29. The molecule has 1 aromatic carbocycles. The van der Waals surface area contributed by atoms with Crippen molar-refractivity contribution in [2.45, 2.75) is 44.7 Å². The summed E-state index contributed by atoms with van der Waals surface area (Å²) in [6.45, 7) is 0. The quantitative estimate of drug-likeness (QED) is 0.538. The van der Waals surface area contributed by atoms with Gasteiger partial charge in [0.15, 0.2) is 6.03 Å². The van der Waals surface area contributed by atoms with Crippen molar-refractivity contribution in [2.75, 3.05) is 5.32 Å². The number of benzene rings is 1. The number of hydrogen-bond acceptors (Lipinski definition) is 4. The number of anilines is 1. The fourth-order valence-electron chi connectivity index (χ4n) is 4.07. The minimum Gasteiger partial charge on any atom is -0.423 e. The monoisotopic (exact) mass is 463 g/mol. The van der Waals surface area contributed by atoms with Crippen molar-refractivity contribution in [1.29, 1.82) is 0 Å². The molecule has 12 heteroatoms. The van der Waals surface area contributed by atoms with Crippen LogP contribution < -0.4 is 34.9 Å². The van der Waals surface area contributed by atoms with Crippen LogP contribution in [0.5, 0.6) is 0 Å². The molecule has 2 aliphatic carbocycles. The van der Waals surface area contributed by atoms with Crippen molar-refractivity contribution in [3.8, 4) is 0 Å². The van der Waals surface area contributed by atoms with Crippen LogP contribution in [-0.4, -0.2) is 30.4 Å². The van der Waals surface area contributed by atoms with Gasteiger partial charge in [-0.2, -0.15) is 13.2 Å². The summed E-state index contributed by atoms with van der Waals surface area (Å²) in [5.41, 5.74) is 3.97. The number of aryl methyl sites for hydroxylation is 2. The zero-order valence-corrected chi connectivity index (χ0v) is 19.4. The summed E-state index contributed by atoms with van der Waals surface area (Å²) in [7, 11) is -4.66. The van der Waals surface area contributed by atoms with Gasteiger partial charge < -0.3 is 10.0 Å². The van der Waals surface area contributed by atoms with E-state index in [4.69, 9.17) is 0 Å². The summed E-state index contributed by atoms with van der Waals surface area (Å²) in [6, 6.07) is 1.71. The summed E-state index contributed by atoms with van der Waals surface area (Å²) >= 11 is 0. The minimum atomic E-state index is -5.14. The first-order valence-corrected chi connectivity index (χ1v) is 10.7. The number of fused-ring (bicyclic) bond motifs is 2. The molecule has 2 amide bonds. The number of carbonyl (C=O) groups excluding carboxylic acids is 2. The van der Waals surface area contributed by atoms with E-state index in [1.54, 1.807) is 0 Å². The first-order valence-electron chi connectivity index (χ1n) is 9.32. The predicted molar refractivity (Wildman–Crippen MR) is 102 cm³/mol. The number of Topliss-reactive ketones (excluding diaryl/α,β-unsaturated/α-hetero) is 1. The Morgan fingerprint density at radius 2 is 1.61 bits per heavy atom. The van der Waals surface area contributed by atoms with E-state index in [1.165, 1.54) is 0 Å². The Labute approximate surface area is 198 Å². The second-order valence-corrected chi connectivity index (χ2v) is 8.79. The number of aromatic nitrogens is 1. The van der Waals surface area contributed by atoms with Gasteiger partial charge in [0.2, 0.25) is 0 Å². The van der Waals surface area contributed by atoms with Crippen molar-refractivity contribution < 1.29 is 60.7 Å². The van der Waals surface area contributed by atoms with E-state index in [-0.39, 0.29) is 29.6 Å². The molecular weight excluding hydrogens is 446 g/mol. The van der Waals surface area contributed by atoms with E-state index in [9.17, 15) is 31.2 Å². The van der Waals surface area contributed by atoms with Gasteiger partial charge in [-0.3, -0.25) is 9.59 Å². The van der Waals surface area contributed by atoms with Gasteiger partial charge in [-0.05, 0) is 72.5 Å². The fourth-order valence-corrected chi connectivity index (χ4v) is 4.88. The molecule has 31 heavy (non-hydrogen) atoms. The molecule has 1 heterocycles. The number of alkyl halides is 3. The van der Waals surface area contributed by atoms with E-state index in [2.05, 4.69) is 16.1 Å². The van der Waals surface area contributed by atoms with Crippen LogP contribution in [0.2, 0.25) is 0 Å². The average Bonchev–Trinajstić information content (AvgIpc) is 3.39. The van der Waals surface area contributed by atoms with Crippen molar-refractivity contribution in [3.05, 3.63) is 57.1 Å². The van der Waals surface area contributed by atoms with E-state index in [1.807, 2.05) is 0 Å². The maximum Gasteiger partial charge on any atom is 1.00 e. The van der Waals surface area contributed by atoms with Gasteiger partial charge in [-0.15, -0.1) is 0 Å². The van der Waals surface area contributed by atoms with Crippen LogP contribution in [-0.2, 0) is 35.9 Å². The minimum absolute atomic E-state index is 0. The summed E-state index contributed by atoms with van der Waals surface area (Å²) in [4.78, 5) is 23.6. The number of amides is 2. The van der Waals surface area contributed by atoms with Crippen LogP contribution in [0.1, 0.15) is 45.5 Å². The summed E-state index contributed by atoms with van der Waals surface area (Å²) in [5.74, 6) is -2.18. The van der Waals surface area contributed by atoms with Crippen molar-refractivity contribution in [3.63, 3.8) is 0 Å². The second kappa shape index (κ2) is 8.61. The molecule has 0 bridgehead atoms. The Kier molecular flexibility index (Phi) is 6.62. The van der Waals surface area contributed by atoms with Gasteiger partial charge in [0.25, 0.3) is 16.0 Å². The van der Waals surface area contributed by atoms with Crippen LogP contribution in [0, 0.1) is 0 Å². The molecular formula is C19H17F3N3NaO4S. The standard InChI is InChI=1S/C19H18F3N3O4S.Na/c20-19(21,22)17(26)13-7-8-25(10-13)30(28,29)24-18(27)23-16-14-5-1-3-11(14)9-12-4-2-6-15(12)16;/h7-10H,1-6H2,(H2,23,24,27);/q;+1/p-1. The Morgan fingerprint density at radius 1 is 1.03 bits per heavy atom. The van der Waals surface area contributed by atoms with Crippen molar-refractivity contribution in [2.24, 2.45) is 0 Å². The Balaban J connectivity index is 0.00000272. The number of halogens is 3. The first kappa shape index (κ1) is 23.8. The Morgan fingerprint density at radius 3 is 2.16 bits per heavy atom. The topological polar surface area (TPSA) is 99.3 Å². The number of urea groups is 1. The van der Waals surface area contributed by atoms with Crippen molar-refractivity contribution >= 4 is 27.7 Å². The third-order valence-corrected chi connectivity index (χ3v) is 6.51. The van der Waals surface area contributed by atoms with Gasteiger partial charge in [-0.1, -0.05) is 6.07 Å². The molecule has 0 radical (unpaired) electrons. The summed E-state index contributed by atoms with van der Waals surface area (Å²) < 4.78 is 65.7. The SMILES string of the molecule is O=C([N-]S(=O)(=O)n1ccc(C(=O)C(F)(F)F)c1)Nc1c2c(cc3c1CCC3)CCC2.[Na+]. The fraction of sp³-hybridized carbons (Fsp3) is 0.368. The van der Waals surface area contributed by atoms with Crippen LogP contribution in [0.25, 0.3) is 4.72 Å². The van der Waals surface area contributed by atoms with Crippen LogP contribution in [0.15, 0.2) is 24.5 Å². The normalized spacial score (nSPS) is 15.1. The molecule has 1 N–H and O–H groups in total. The molecule has 0 atom stereocenters. The third kappa shape index (κ3) is 4.69. The molecule has 0 saturated carbocycles. The number of hydrogen-bond donors (Lipinski definition) is 1. The van der Waals surface area contributed by atoms with E-state index < -0.39 is 33.8 Å². The zero-order chi connectivity index (χ0) is 21.7. The maximum absolute atomic E-state index is 12.5. The molecule has 0 fully saturated rings. The van der Waals surface area contributed by atoms with Crippen LogP contribution in [0.3, 0.4) is 0 Å². The number of nitrogens with zero attached hydrogens (tertiary/aromatic N) is 2. The molecule has 1 aromatic heterocycles. The van der Waals surface area contributed by atoms with Crippen LogP contribution in [0.4, 0.5) is 23.7 Å². The molecule has 0 aliphatic heterocycles. The smallest absolute Gasteiger partial charge is 0.423 e. The van der Waals surface area contributed by atoms with Gasteiger partial charge in [0.1, 0.15) is 0 Å². The maximum atomic E-state index is 12.5. The number of nitrogens with one attached hydrogen (secondary N) is 1. The molecule has 4 rings (SSSR count). The molecule has 160 valence electrons. The average molecular weight is 463 g/mol. The zero-order valence-electron chi connectivity index (χ0n) is 16.6.